The molecule has 130 valence electrons. The van der Waals surface area contributed by atoms with Crippen LogP contribution in [-0.2, 0) is 4.74 Å². The molecule has 2 aromatic rings. The number of hydrogen-bond donors (Lipinski definition) is 0. The Morgan fingerprint density at radius 3 is 2.75 bits per heavy atom. The van der Waals surface area contributed by atoms with E-state index in [9.17, 15) is 4.79 Å². The first-order valence-corrected chi connectivity index (χ1v) is 9.15. The standard InChI is InChI=1S/C17H24N4O2S/c1-12-10-24-14-13(12)18-11-19-15(14)20-6-5-7-21(9-8-20)16(22)23-17(2,3)4/h10-11H,5-9H2,1-4H3. The quantitative estimate of drug-likeness (QED) is 0.790. The van der Waals surface area contributed by atoms with E-state index in [4.69, 9.17) is 4.74 Å². The van der Waals surface area contributed by atoms with Crippen molar-refractivity contribution in [3.05, 3.63) is 17.3 Å². The lowest BCUT2D eigenvalue weighted by Crippen LogP contribution is -2.39. The van der Waals surface area contributed by atoms with Gasteiger partial charge in [-0.2, -0.15) is 0 Å². The third-order valence-corrected chi connectivity index (χ3v) is 5.04. The Labute approximate surface area is 146 Å². The van der Waals surface area contributed by atoms with Crippen LogP contribution in [0.15, 0.2) is 11.7 Å². The van der Waals surface area contributed by atoms with Crippen LogP contribution in [0, 0.1) is 6.92 Å². The molecule has 0 spiro atoms. The summed E-state index contributed by atoms with van der Waals surface area (Å²) in [6.07, 6.45) is 2.30. The maximum atomic E-state index is 12.3. The second kappa shape index (κ2) is 6.55. The SMILES string of the molecule is Cc1csc2c(N3CCCN(C(=O)OC(C)(C)C)CC3)ncnc12. The molecule has 1 fully saturated rings. The Bertz CT molecular complexity index is 738. The molecule has 1 saturated heterocycles. The molecular weight excluding hydrogens is 324 g/mol. The van der Waals surface area contributed by atoms with Crippen molar-refractivity contribution in [3.8, 4) is 0 Å². The highest BCUT2D eigenvalue weighted by atomic mass is 32.1. The predicted molar refractivity (Wildman–Crippen MR) is 96.8 cm³/mol. The molecule has 1 amide bonds. The van der Waals surface area contributed by atoms with Gasteiger partial charge in [-0.25, -0.2) is 14.8 Å². The average molecular weight is 348 g/mol. The lowest BCUT2D eigenvalue weighted by molar-refractivity contribution is 0.0263. The number of anilines is 1. The van der Waals surface area contributed by atoms with E-state index in [1.54, 1.807) is 22.6 Å². The van der Waals surface area contributed by atoms with Gasteiger partial charge in [-0.1, -0.05) is 0 Å². The van der Waals surface area contributed by atoms with Crippen LogP contribution in [0.2, 0.25) is 0 Å². The van der Waals surface area contributed by atoms with Gasteiger partial charge >= 0.3 is 6.09 Å². The van der Waals surface area contributed by atoms with E-state index in [-0.39, 0.29) is 6.09 Å². The molecule has 1 aliphatic rings. The number of carbonyl (C=O) groups excluding carboxylic acids is 1. The first kappa shape index (κ1) is 17.0. The van der Waals surface area contributed by atoms with Crippen molar-refractivity contribution in [2.45, 2.75) is 39.7 Å². The van der Waals surface area contributed by atoms with Gasteiger partial charge in [0.25, 0.3) is 0 Å². The molecular formula is C17H24N4O2S. The Morgan fingerprint density at radius 2 is 2.00 bits per heavy atom. The molecule has 24 heavy (non-hydrogen) atoms. The highest BCUT2D eigenvalue weighted by Gasteiger charge is 2.25. The van der Waals surface area contributed by atoms with E-state index in [1.165, 1.54) is 5.56 Å². The van der Waals surface area contributed by atoms with Gasteiger partial charge in [0.1, 0.15) is 17.7 Å². The first-order valence-electron chi connectivity index (χ1n) is 8.27. The van der Waals surface area contributed by atoms with E-state index >= 15 is 0 Å². The monoisotopic (exact) mass is 348 g/mol. The number of aromatic nitrogens is 2. The molecule has 3 rings (SSSR count). The summed E-state index contributed by atoms with van der Waals surface area (Å²) in [6, 6.07) is 0. The third-order valence-electron chi connectivity index (χ3n) is 3.96. The Kier molecular flexibility index (Phi) is 4.62. The van der Waals surface area contributed by atoms with E-state index in [2.05, 4.69) is 27.2 Å². The fourth-order valence-electron chi connectivity index (χ4n) is 2.82. The van der Waals surface area contributed by atoms with Crippen LogP contribution in [0.3, 0.4) is 0 Å². The van der Waals surface area contributed by atoms with Crippen LogP contribution in [0.1, 0.15) is 32.8 Å². The van der Waals surface area contributed by atoms with Gasteiger partial charge in [-0.05, 0) is 45.1 Å². The van der Waals surface area contributed by atoms with Crippen molar-refractivity contribution in [3.63, 3.8) is 0 Å². The number of ether oxygens (including phenoxy) is 1. The molecule has 0 aliphatic carbocycles. The predicted octanol–water partition coefficient (Wildman–Crippen LogP) is 3.45. The fraction of sp³-hybridized carbons (Fsp3) is 0.588. The highest BCUT2D eigenvalue weighted by molar-refractivity contribution is 7.18. The molecule has 2 aromatic heterocycles. The number of amides is 1. The van der Waals surface area contributed by atoms with E-state index in [0.717, 1.165) is 35.5 Å². The number of aryl methyl sites for hydroxylation is 1. The van der Waals surface area contributed by atoms with Crippen LogP contribution in [0.4, 0.5) is 10.6 Å². The minimum absolute atomic E-state index is 0.232. The minimum Gasteiger partial charge on any atom is -0.444 e. The normalized spacial score (nSPS) is 16.3. The van der Waals surface area contributed by atoms with Gasteiger partial charge in [0.15, 0.2) is 0 Å². The van der Waals surface area contributed by atoms with Gasteiger partial charge in [0.2, 0.25) is 0 Å². The molecule has 0 aromatic carbocycles. The molecule has 3 heterocycles. The van der Waals surface area contributed by atoms with E-state index in [0.29, 0.717) is 13.1 Å². The van der Waals surface area contributed by atoms with Crippen LogP contribution >= 0.6 is 11.3 Å². The van der Waals surface area contributed by atoms with Crippen LogP contribution < -0.4 is 4.90 Å². The summed E-state index contributed by atoms with van der Waals surface area (Å²) in [5.41, 5.74) is 1.75. The molecule has 0 bridgehead atoms. The van der Waals surface area contributed by atoms with Gasteiger partial charge < -0.3 is 14.5 Å². The van der Waals surface area contributed by atoms with Gasteiger partial charge in [-0.3, -0.25) is 0 Å². The van der Waals surface area contributed by atoms with Crippen molar-refractivity contribution in [2.24, 2.45) is 0 Å². The number of carbonyl (C=O) groups is 1. The van der Waals surface area contributed by atoms with Crippen LogP contribution in [0.25, 0.3) is 10.2 Å². The zero-order valence-corrected chi connectivity index (χ0v) is 15.5. The Balaban J connectivity index is 1.74. The summed E-state index contributed by atoms with van der Waals surface area (Å²) in [4.78, 5) is 25.2. The smallest absolute Gasteiger partial charge is 0.410 e. The molecule has 0 atom stereocenters. The fourth-order valence-corrected chi connectivity index (χ4v) is 3.84. The largest absolute Gasteiger partial charge is 0.444 e. The lowest BCUT2D eigenvalue weighted by Gasteiger charge is -2.26. The second-order valence-corrected chi connectivity index (χ2v) is 7.98. The molecule has 0 unspecified atom stereocenters. The third kappa shape index (κ3) is 3.61. The Morgan fingerprint density at radius 1 is 1.21 bits per heavy atom. The second-order valence-electron chi connectivity index (χ2n) is 7.10. The van der Waals surface area contributed by atoms with Crippen molar-refractivity contribution in [1.29, 1.82) is 0 Å². The molecule has 0 N–H and O–H groups in total. The topological polar surface area (TPSA) is 58.6 Å². The van der Waals surface area contributed by atoms with Crippen LogP contribution in [0.5, 0.6) is 0 Å². The molecule has 0 radical (unpaired) electrons. The van der Waals surface area contributed by atoms with E-state index in [1.807, 2.05) is 20.8 Å². The zero-order chi connectivity index (χ0) is 17.3. The molecule has 7 heteroatoms. The van der Waals surface area contributed by atoms with Crippen molar-refractivity contribution in [2.75, 3.05) is 31.1 Å². The van der Waals surface area contributed by atoms with Crippen molar-refractivity contribution < 1.29 is 9.53 Å². The number of rotatable bonds is 1. The maximum Gasteiger partial charge on any atom is 0.410 e. The number of hydrogen-bond acceptors (Lipinski definition) is 6. The number of nitrogens with zero attached hydrogens (tertiary/aromatic N) is 4. The summed E-state index contributed by atoms with van der Waals surface area (Å²) in [6.45, 7) is 10.7. The van der Waals surface area contributed by atoms with Crippen LogP contribution in [-0.4, -0.2) is 52.7 Å². The lowest BCUT2D eigenvalue weighted by atomic mass is 10.2. The summed E-state index contributed by atoms with van der Waals surface area (Å²) >= 11 is 1.68. The minimum atomic E-state index is -0.462. The number of thiophene rings is 1. The average Bonchev–Trinajstić information content (AvgIpc) is 2.73. The Hall–Kier alpha value is -1.89. The zero-order valence-electron chi connectivity index (χ0n) is 14.7. The van der Waals surface area contributed by atoms with Crippen molar-refractivity contribution in [1.82, 2.24) is 14.9 Å². The molecule has 0 saturated carbocycles. The summed E-state index contributed by atoms with van der Waals surface area (Å²) in [5, 5.41) is 2.12. The summed E-state index contributed by atoms with van der Waals surface area (Å²) < 4.78 is 6.62. The van der Waals surface area contributed by atoms with Gasteiger partial charge in [-0.15, -0.1) is 11.3 Å². The summed E-state index contributed by atoms with van der Waals surface area (Å²) in [7, 11) is 0. The summed E-state index contributed by atoms with van der Waals surface area (Å²) in [5.74, 6) is 0.976. The molecule has 1 aliphatic heterocycles. The van der Waals surface area contributed by atoms with Crippen molar-refractivity contribution >= 4 is 33.5 Å². The highest BCUT2D eigenvalue weighted by Crippen LogP contribution is 2.31. The number of fused-ring (bicyclic) bond motifs is 1. The van der Waals surface area contributed by atoms with Gasteiger partial charge in [0, 0.05) is 26.2 Å². The van der Waals surface area contributed by atoms with E-state index < -0.39 is 5.60 Å². The van der Waals surface area contributed by atoms with Gasteiger partial charge in [0.05, 0.1) is 10.2 Å². The first-order chi connectivity index (χ1) is 11.3. The maximum absolute atomic E-state index is 12.3. The molecule has 6 nitrogen and oxygen atoms in total.